The summed E-state index contributed by atoms with van der Waals surface area (Å²) < 4.78 is 14.2. The molecule has 12 rings (SSSR count). The van der Waals surface area contributed by atoms with E-state index in [2.05, 4.69) is 195 Å². The Morgan fingerprint density at radius 3 is 1.72 bits per heavy atom. The Hall–Kier alpha value is -7.30. The SMILES string of the molecule is C=C(/C=C\C(=C)N(Cc1ccc2ccc(N(c3ccccc3)c3cccc4c3oc3c(C5CCCC5)cccc34)c3cc/c(=C/C)c1c23)c1cccc2c1oc1c(C3CCCC3)cccc12)C(C)C. The van der Waals surface area contributed by atoms with E-state index in [9.17, 15) is 0 Å². The number of nitrogens with zero attached hydrogens (tertiary/aromatic N) is 2. The summed E-state index contributed by atoms with van der Waals surface area (Å²) in [5.41, 5.74) is 13.9. The zero-order chi connectivity index (χ0) is 46.8. The van der Waals surface area contributed by atoms with Crippen LogP contribution in [-0.2, 0) is 6.54 Å². The zero-order valence-electron chi connectivity index (χ0n) is 40.2. The van der Waals surface area contributed by atoms with Crippen LogP contribution in [0, 0.1) is 5.92 Å². The average Bonchev–Trinajstić information content (AvgIpc) is 4.24. The second kappa shape index (κ2) is 17.7. The molecule has 0 radical (unpaired) electrons. The van der Waals surface area contributed by atoms with E-state index in [4.69, 9.17) is 15.4 Å². The average molecular weight is 901 g/mol. The molecule has 0 unspecified atom stereocenters. The lowest BCUT2D eigenvalue weighted by Crippen LogP contribution is -2.22. The van der Waals surface area contributed by atoms with Crippen molar-refractivity contribution in [3.05, 3.63) is 198 Å². The molecule has 8 aromatic carbocycles. The van der Waals surface area contributed by atoms with Crippen molar-refractivity contribution < 1.29 is 8.83 Å². The van der Waals surface area contributed by atoms with Crippen molar-refractivity contribution in [1.29, 1.82) is 0 Å². The second-order valence-corrected chi connectivity index (χ2v) is 20.0. The molecule has 0 aliphatic heterocycles. The third-order valence-electron chi connectivity index (χ3n) is 15.7. The van der Waals surface area contributed by atoms with Crippen LogP contribution in [0.2, 0.25) is 0 Å². The summed E-state index contributed by atoms with van der Waals surface area (Å²) in [6, 6.07) is 51.4. The topological polar surface area (TPSA) is 32.8 Å². The lowest BCUT2D eigenvalue weighted by Gasteiger charge is -2.29. The Morgan fingerprint density at radius 1 is 0.551 bits per heavy atom. The fourth-order valence-corrected chi connectivity index (χ4v) is 11.9. The van der Waals surface area contributed by atoms with Gasteiger partial charge in [0.25, 0.3) is 0 Å². The maximum Gasteiger partial charge on any atom is 0.159 e. The van der Waals surface area contributed by atoms with E-state index in [-0.39, 0.29) is 0 Å². The Kier molecular flexibility index (Phi) is 11.0. The number of furan rings is 2. The molecule has 0 N–H and O–H groups in total. The summed E-state index contributed by atoms with van der Waals surface area (Å²) in [7, 11) is 0. The molecule has 10 aromatic rings. The van der Waals surface area contributed by atoms with Gasteiger partial charge in [0.15, 0.2) is 11.2 Å². The number of fused-ring (bicyclic) bond motifs is 6. The second-order valence-electron chi connectivity index (χ2n) is 20.0. The van der Waals surface area contributed by atoms with Gasteiger partial charge in [-0.05, 0) is 125 Å². The molecule has 2 heterocycles. The van der Waals surface area contributed by atoms with E-state index >= 15 is 0 Å². The van der Waals surface area contributed by atoms with Crippen LogP contribution in [-0.4, -0.2) is 0 Å². The lowest BCUT2D eigenvalue weighted by atomic mass is 9.93. The third-order valence-corrected chi connectivity index (χ3v) is 15.7. The molecule has 342 valence electrons. The fraction of sp³-hybridized carbons (Fsp3) is 0.231. The predicted molar refractivity (Wildman–Crippen MR) is 293 cm³/mol. The van der Waals surface area contributed by atoms with Gasteiger partial charge in [-0.3, -0.25) is 0 Å². The fourth-order valence-electron chi connectivity index (χ4n) is 11.9. The Morgan fingerprint density at radius 2 is 1.12 bits per heavy atom. The first-order valence-electron chi connectivity index (χ1n) is 25.4. The maximum atomic E-state index is 7.14. The molecule has 2 saturated carbocycles. The molecule has 69 heavy (non-hydrogen) atoms. The molecular formula is C65H60N2O2. The van der Waals surface area contributed by atoms with Crippen LogP contribution >= 0.6 is 0 Å². The molecule has 0 atom stereocenters. The third kappa shape index (κ3) is 7.35. The number of para-hydroxylation sites is 5. The van der Waals surface area contributed by atoms with Crippen molar-refractivity contribution >= 4 is 94.2 Å². The first-order chi connectivity index (χ1) is 33.9. The van der Waals surface area contributed by atoms with Crippen LogP contribution in [0.4, 0.5) is 22.7 Å². The minimum Gasteiger partial charge on any atom is -0.454 e. The van der Waals surface area contributed by atoms with Crippen molar-refractivity contribution in [3.63, 3.8) is 0 Å². The molecule has 0 amide bonds. The molecule has 0 bridgehead atoms. The Balaban J connectivity index is 1.04. The van der Waals surface area contributed by atoms with Gasteiger partial charge in [-0.25, -0.2) is 0 Å². The van der Waals surface area contributed by atoms with Crippen LogP contribution in [0.15, 0.2) is 185 Å². The standard InChI is InChI=1S/C65H60N2O2/c1-6-44-36-38-56-57(67(49-22-8-7-9-23-49)59-31-17-29-55-53-27-15-25-51(46-20-12-13-21-46)63(53)69-65(55)59)39-37-47-34-35-48(60(44)61(47)56)40-66(43(5)33-32-42(4)41(2)3)58-30-16-28-54-52-26-14-24-50(45-18-10-11-19-45)62(52)68-64(54)58/h6-9,14-17,22-39,41,45-46H,4-5,10-13,18-21,40H2,1-3H3/b33-32-,44-6-. The number of benzene rings is 8. The highest BCUT2D eigenvalue weighted by Gasteiger charge is 2.28. The largest absolute Gasteiger partial charge is 0.454 e. The van der Waals surface area contributed by atoms with E-state index in [1.165, 1.54) is 106 Å². The normalized spacial score (nSPS) is 15.2. The Bertz CT molecular complexity index is 3700. The molecule has 2 aliphatic carbocycles. The number of hydrogen-bond acceptors (Lipinski definition) is 4. The summed E-state index contributed by atoms with van der Waals surface area (Å²) in [5.74, 6) is 1.39. The number of rotatable bonds is 12. The molecular weight excluding hydrogens is 841 g/mol. The van der Waals surface area contributed by atoms with Crippen molar-refractivity contribution in [2.75, 3.05) is 9.80 Å². The first kappa shape index (κ1) is 43.0. The van der Waals surface area contributed by atoms with Gasteiger partial charge in [-0.2, -0.15) is 0 Å². The predicted octanol–water partition coefficient (Wildman–Crippen LogP) is 18.4. The van der Waals surface area contributed by atoms with E-state index in [1.807, 2.05) is 0 Å². The van der Waals surface area contributed by atoms with Crippen molar-refractivity contribution in [2.24, 2.45) is 5.92 Å². The highest BCUT2D eigenvalue weighted by Crippen LogP contribution is 2.48. The van der Waals surface area contributed by atoms with Gasteiger partial charge in [0.2, 0.25) is 0 Å². The molecule has 0 spiro atoms. The number of hydrogen-bond donors (Lipinski definition) is 0. The van der Waals surface area contributed by atoms with Crippen molar-refractivity contribution in [1.82, 2.24) is 0 Å². The molecule has 2 aliphatic rings. The first-order valence-corrected chi connectivity index (χ1v) is 25.4. The molecule has 0 saturated heterocycles. The lowest BCUT2D eigenvalue weighted by molar-refractivity contribution is 0.642. The highest BCUT2D eigenvalue weighted by atomic mass is 16.3. The van der Waals surface area contributed by atoms with Crippen LogP contribution in [0.1, 0.15) is 101 Å². The van der Waals surface area contributed by atoms with E-state index in [0.717, 1.165) is 67.1 Å². The van der Waals surface area contributed by atoms with Gasteiger partial charge in [-0.15, -0.1) is 0 Å². The Labute approximate surface area is 405 Å². The van der Waals surface area contributed by atoms with Crippen LogP contribution < -0.4 is 15.0 Å². The minimum atomic E-state index is 0.320. The smallest absolute Gasteiger partial charge is 0.159 e. The summed E-state index contributed by atoms with van der Waals surface area (Å²) in [4.78, 5) is 4.77. The summed E-state index contributed by atoms with van der Waals surface area (Å²) in [6.07, 6.45) is 16.5. The van der Waals surface area contributed by atoms with E-state index in [1.54, 1.807) is 0 Å². The van der Waals surface area contributed by atoms with E-state index in [0.29, 0.717) is 24.3 Å². The number of allylic oxidation sites excluding steroid dienone is 3. The molecule has 2 aromatic heterocycles. The maximum absolute atomic E-state index is 7.14. The van der Waals surface area contributed by atoms with E-state index < -0.39 is 0 Å². The van der Waals surface area contributed by atoms with Gasteiger partial charge in [0.1, 0.15) is 11.2 Å². The van der Waals surface area contributed by atoms with Crippen LogP contribution in [0.3, 0.4) is 0 Å². The highest BCUT2D eigenvalue weighted by molar-refractivity contribution is 6.19. The molecule has 4 heteroatoms. The van der Waals surface area contributed by atoms with Gasteiger partial charge in [0.05, 0.1) is 17.1 Å². The van der Waals surface area contributed by atoms with Crippen LogP contribution in [0.25, 0.3) is 71.5 Å². The summed E-state index contributed by atoms with van der Waals surface area (Å²) in [6.45, 7) is 16.3. The van der Waals surface area contributed by atoms with Gasteiger partial charge in [0, 0.05) is 44.9 Å². The summed E-state index contributed by atoms with van der Waals surface area (Å²) in [5, 5.41) is 10.7. The minimum absolute atomic E-state index is 0.320. The van der Waals surface area contributed by atoms with Gasteiger partial charge in [-0.1, -0.05) is 180 Å². The molecule has 4 nitrogen and oxygen atoms in total. The van der Waals surface area contributed by atoms with Crippen molar-refractivity contribution in [3.8, 4) is 0 Å². The zero-order valence-corrected chi connectivity index (χ0v) is 40.2. The van der Waals surface area contributed by atoms with Gasteiger partial charge >= 0.3 is 0 Å². The monoisotopic (exact) mass is 900 g/mol. The number of anilines is 4. The summed E-state index contributed by atoms with van der Waals surface area (Å²) >= 11 is 0. The van der Waals surface area contributed by atoms with Gasteiger partial charge < -0.3 is 18.6 Å². The molecule has 2 fully saturated rings. The van der Waals surface area contributed by atoms with Crippen molar-refractivity contribution in [2.45, 2.75) is 90.5 Å². The van der Waals surface area contributed by atoms with Crippen LogP contribution in [0.5, 0.6) is 0 Å². The quantitative estimate of drug-likeness (QED) is 0.114.